The van der Waals surface area contributed by atoms with E-state index < -0.39 is 0 Å². The van der Waals surface area contributed by atoms with Gasteiger partial charge in [-0.05, 0) is 30.2 Å². The van der Waals surface area contributed by atoms with Crippen LogP contribution in [0, 0.1) is 6.92 Å². The van der Waals surface area contributed by atoms with E-state index in [4.69, 9.17) is 9.84 Å². The van der Waals surface area contributed by atoms with Gasteiger partial charge in [-0.3, -0.25) is 4.79 Å². The number of carbonyl (C=O) groups is 1. The van der Waals surface area contributed by atoms with Gasteiger partial charge in [-0.2, -0.15) is 0 Å². The maximum Gasteiger partial charge on any atom is 0.224 e. The first-order chi connectivity index (χ1) is 11.2. The molecule has 0 radical (unpaired) electrons. The first-order valence-corrected chi connectivity index (χ1v) is 7.82. The summed E-state index contributed by atoms with van der Waals surface area (Å²) in [7, 11) is 0. The van der Waals surface area contributed by atoms with Crippen molar-refractivity contribution in [2.45, 2.75) is 19.8 Å². The molecule has 0 aliphatic heterocycles. The maximum atomic E-state index is 11.6. The molecule has 0 saturated heterocycles. The summed E-state index contributed by atoms with van der Waals surface area (Å²) < 4.78 is 5.73. The van der Waals surface area contributed by atoms with E-state index in [1.807, 2.05) is 24.3 Å². The Balaban J connectivity index is 1.76. The van der Waals surface area contributed by atoms with Crippen LogP contribution >= 0.6 is 0 Å². The highest BCUT2D eigenvalue weighted by Crippen LogP contribution is 2.13. The highest BCUT2D eigenvalue weighted by atomic mass is 16.5. The Bertz CT molecular complexity index is 606. The number of aliphatic hydroxyl groups is 1. The van der Waals surface area contributed by atoms with Gasteiger partial charge in [0.05, 0.1) is 19.6 Å². The molecule has 2 aromatic carbocycles. The van der Waals surface area contributed by atoms with Crippen LogP contribution in [0.3, 0.4) is 0 Å². The largest absolute Gasteiger partial charge is 0.493 e. The standard InChI is InChI=1S/C19H23NO3/c1-15-2-4-16(5-3-15)10-13-23-18-8-6-17(7-9-18)14-19(22)20-11-12-21/h2-9,21H,10-14H2,1H3,(H,20,22). The van der Waals surface area contributed by atoms with Crippen LogP contribution in [0.4, 0.5) is 0 Å². The van der Waals surface area contributed by atoms with Gasteiger partial charge in [-0.25, -0.2) is 0 Å². The SMILES string of the molecule is Cc1ccc(CCOc2ccc(CC(=O)NCCO)cc2)cc1. The molecule has 2 aromatic rings. The summed E-state index contributed by atoms with van der Waals surface area (Å²) in [5, 5.41) is 11.3. The Morgan fingerprint density at radius 3 is 2.35 bits per heavy atom. The van der Waals surface area contributed by atoms with Gasteiger partial charge < -0.3 is 15.2 Å². The number of hydrogen-bond acceptors (Lipinski definition) is 3. The average Bonchev–Trinajstić information content (AvgIpc) is 2.56. The molecule has 2 rings (SSSR count). The Hall–Kier alpha value is -2.33. The molecule has 122 valence electrons. The van der Waals surface area contributed by atoms with Crippen LogP contribution < -0.4 is 10.1 Å². The predicted molar refractivity (Wildman–Crippen MR) is 90.6 cm³/mol. The van der Waals surface area contributed by atoms with Crippen LogP contribution in [0.5, 0.6) is 5.75 Å². The van der Waals surface area contributed by atoms with Crippen molar-refractivity contribution in [2.75, 3.05) is 19.8 Å². The molecule has 0 bridgehead atoms. The average molecular weight is 313 g/mol. The molecule has 0 spiro atoms. The smallest absolute Gasteiger partial charge is 0.224 e. The lowest BCUT2D eigenvalue weighted by atomic mass is 10.1. The van der Waals surface area contributed by atoms with Crippen molar-refractivity contribution in [2.24, 2.45) is 0 Å². The summed E-state index contributed by atoms with van der Waals surface area (Å²) in [5.74, 6) is 0.712. The fraction of sp³-hybridized carbons (Fsp3) is 0.316. The van der Waals surface area contributed by atoms with Crippen LogP contribution in [0.1, 0.15) is 16.7 Å². The number of amides is 1. The summed E-state index contributed by atoms with van der Waals surface area (Å²) in [6.45, 7) is 2.95. The Kier molecular flexibility index (Phi) is 6.63. The quantitative estimate of drug-likeness (QED) is 0.786. The van der Waals surface area contributed by atoms with Crippen LogP contribution in [-0.2, 0) is 17.6 Å². The Morgan fingerprint density at radius 2 is 1.70 bits per heavy atom. The lowest BCUT2D eigenvalue weighted by molar-refractivity contribution is -0.120. The molecule has 0 saturated carbocycles. The predicted octanol–water partition coefficient (Wildman–Crippen LogP) is 2.27. The lowest BCUT2D eigenvalue weighted by Crippen LogP contribution is -2.27. The highest BCUT2D eigenvalue weighted by Gasteiger charge is 2.03. The first kappa shape index (κ1) is 17.0. The van der Waals surface area contributed by atoms with E-state index in [1.165, 1.54) is 11.1 Å². The molecule has 4 nitrogen and oxygen atoms in total. The van der Waals surface area contributed by atoms with E-state index in [9.17, 15) is 4.79 Å². The van der Waals surface area contributed by atoms with E-state index in [-0.39, 0.29) is 12.5 Å². The fourth-order valence-corrected chi connectivity index (χ4v) is 2.19. The van der Waals surface area contributed by atoms with Crippen LogP contribution in [0.15, 0.2) is 48.5 Å². The third-order valence-electron chi connectivity index (χ3n) is 3.50. The number of hydrogen-bond donors (Lipinski definition) is 2. The summed E-state index contributed by atoms with van der Waals surface area (Å²) in [6, 6.07) is 16.0. The molecule has 4 heteroatoms. The highest BCUT2D eigenvalue weighted by molar-refractivity contribution is 5.78. The number of aliphatic hydroxyl groups excluding tert-OH is 1. The van der Waals surface area contributed by atoms with Gasteiger partial charge in [0, 0.05) is 13.0 Å². The summed E-state index contributed by atoms with van der Waals surface area (Å²) in [5.41, 5.74) is 3.44. The molecule has 0 unspecified atom stereocenters. The monoisotopic (exact) mass is 313 g/mol. The van der Waals surface area contributed by atoms with Crippen molar-refractivity contribution in [1.82, 2.24) is 5.32 Å². The third kappa shape index (κ3) is 6.12. The minimum Gasteiger partial charge on any atom is -0.493 e. The number of nitrogens with one attached hydrogen (secondary N) is 1. The van der Waals surface area contributed by atoms with Gasteiger partial charge in [0.15, 0.2) is 0 Å². The van der Waals surface area contributed by atoms with E-state index in [0.717, 1.165) is 17.7 Å². The van der Waals surface area contributed by atoms with Crippen molar-refractivity contribution < 1.29 is 14.6 Å². The van der Waals surface area contributed by atoms with Crippen LogP contribution in [0.25, 0.3) is 0 Å². The molecule has 0 aliphatic rings. The van der Waals surface area contributed by atoms with Crippen LogP contribution in [0.2, 0.25) is 0 Å². The van der Waals surface area contributed by atoms with Crippen LogP contribution in [-0.4, -0.2) is 30.8 Å². The molecule has 0 heterocycles. The first-order valence-electron chi connectivity index (χ1n) is 7.82. The number of benzene rings is 2. The zero-order valence-electron chi connectivity index (χ0n) is 13.4. The normalized spacial score (nSPS) is 10.3. The number of aryl methyl sites for hydroxylation is 1. The number of carbonyl (C=O) groups excluding carboxylic acids is 1. The minimum absolute atomic E-state index is 0.0422. The van der Waals surface area contributed by atoms with Gasteiger partial charge >= 0.3 is 0 Å². The summed E-state index contributed by atoms with van der Waals surface area (Å²) >= 11 is 0. The zero-order chi connectivity index (χ0) is 16.5. The molecular formula is C19H23NO3. The Morgan fingerprint density at radius 1 is 1.04 bits per heavy atom. The molecule has 0 fully saturated rings. The zero-order valence-corrected chi connectivity index (χ0v) is 13.4. The maximum absolute atomic E-state index is 11.6. The lowest BCUT2D eigenvalue weighted by Gasteiger charge is -2.08. The molecule has 0 atom stereocenters. The molecule has 23 heavy (non-hydrogen) atoms. The second-order valence-electron chi connectivity index (χ2n) is 5.48. The van der Waals surface area contributed by atoms with Gasteiger partial charge in [0.1, 0.15) is 5.75 Å². The van der Waals surface area contributed by atoms with Gasteiger partial charge in [0.25, 0.3) is 0 Å². The molecular weight excluding hydrogens is 290 g/mol. The molecule has 2 N–H and O–H groups in total. The van der Waals surface area contributed by atoms with Crippen molar-refractivity contribution >= 4 is 5.91 Å². The summed E-state index contributed by atoms with van der Waals surface area (Å²) in [6.07, 6.45) is 1.18. The number of rotatable bonds is 8. The van der Waals surface area contributed by atoms with Crippen molar-refractivity contribution in [3.05, 3.63) is 65.2 Å². The topological polar surface area (TPSA) is 58.6 Å². The van der Waals surface area contributed by atoms with Gasteiger partial charge in [-0.15, -0.1) is 0 Å². The van der Waals surface area contributed by atoms with E-state index in [2.05, 4.69) is 36.5 Å². The van der Waals surface area contributed by atoms with E-state index >= 15 is 0 Å². The second kappa shape index (κ2) is 8.96. The number of ether oxygens (including phenoxy) is 1. The fourth-order valence-electron chi connectivity index (χ4n) is 2.19. The van der Waals surface area contributed by atoms with Crippen molar-refractivity contribution in [3.8, 4) is 5.75 Å². The minimum atomic E-state index is -0.0907. The van der Waals surface area contributed by atoms with Gasteiger partial charge in [-0.1, -0.05) is 42.0 Å². The van der Waals surface area contributed by atoms with Crippen molar-refractivity contribution in [3.63, 3.8) is 0 Å². The third-order valence-corrected chi connectivity index (χ3v) is 3.50. The summed E-state index contributed by atoms with van der Waals surface area (Å²) in [4.78, 5) is 11.6. The second-order valence-corrected chi connectivity index (χ2v) is 5.48. The van der Waals surface area contributed by atoms with Crippen molar-refractivity contribution in [1.29, 1.82) is 0 Å². The molecule has 0 aromatic heterocycles. The van der Waals surface area contributed by atoms with Gasteiger partial charge in [0.2, 0.25) is 5.91 Å². The van der Waals surface area contributed by atoms with E-state index in [0.29, 0.717) is 19.6 Å². The molecule has 1 amide bonds. The van der Waals surface area contributed by atoms with E-state index in [1.54, 1.807) is 0 Å². The Labute approximate surface area is 137 Å². The molecule has 0 aliphatic carbocycles.